The quantitative estimate of drug-likeness (QED) is 0.151. The molecule has 1 nitrogen and oxygen atoms in total. The summed E-state index contributed by atoms with van der Waals surface area (Å²) in [7, 11) is 0. The lowest BCUT2D eigenvalue weighted by Crippen LogP contribution is -2.28. The minimum Gasteiger partial charge on any atom is -0.309 e. The van der Waals surface area contributed by atoms with Gasteiger partial charge in [-0.15, -0.1) is 0 Å². The Morgan fingerprint density at radius 3 is 1.68 bits per heavy atom. The van der Waals surface area contributed by atoms with Crippen molar-refractivity contribution in [2.24, 2.45) is 0 Å². The molecule has 0 N–H and O–H groups in total. The van der Waals surface area contributed by atoms with E-state index in [1.165, 1.54) is 105 Å². The number of benzene rings is 9. The second kappa shape index (κ2) is 16.0. The topological polar surface area (TPSA) is 4.93 Å². The van der Waals surface area contributed by atoms with Crippen LogP contribution in [0.5, 0.6) is 0 Å². The summed E-state index contributed by atoms with van der Waals surface area (Å²) in [5.41, 5.74) is 22.2. The second-order valence-electron chi connectivity index (χ2n) is 17.6. The molecule has 0 unspecified atom stereocenters. The summed E-state index contributed by atoms with van der Waals surface area (Å²) in [5, 5.41) is 2.50. The normalized spacial score (nSPS) is 17.1. The molecule has 0 saturated carbocycles. The molecule has 0 radical (unpaired) electrons. The molecule has 0 atom stereocenters. The average Bonchev–Trinajstić information content (AvgIpc) is 3.86. The molecular weight excluding hydrogens is 783 g/mol. The van der Waals surface area contributed by atoms with E-state index in [2.05, 4.69) is 254 Å². The Kier molecular flexibility index (Phi) is 9.50. The van der Waals surface area contributed by atoms with E-state index in [1.807, 2.05) is 0 Å². The van der Waals surface area contributed by atoms with Gasteiger partial charge >= 0.3 is 0 Å². The zero-order chi connectivity index (χ0) is 43.3. The van der Waals surface area contributed by atoms with E-state index in [-0.39, 0.29) is 0 Å². The molecule has 0 aliphatic heterocycles. The van der Waals surface area contributed by atoms with Crippen molar-refractivity contribution >= 4 is 38.5 Å². The van der Waals surface area contributed by atoms with Crippen LogP contribution in [0.3, 0.4) is 0 Å². The molecule has 2 aliphatic rings. The van der Waals surface area contributed by atoms with Crippen molar-refractivity contribution in [1.29, 1.82) is 0 Å². The van der Waals surface area contributed by atoms with Gasteiger partial charge in [-0.25, -0.2) is 0 Å². The van der Waals surface area contributed by atoms with Gasteiger partial charge in [0.15, 0.2) is 0 Å². The zero-order valence-corrected chi connectivity index (χ0v) is 36.5. The van der Waals surface area contributed by atoms with Crippen molar-refractivity contribution in [3.63, 3.8) is 0 Å². The third-order valence-corrected chi connectivity index (χ3v) is 14.0. The van der Waals surface area contributed by atoms with E-state index in [4.69, 9.17) is 0 Å². The molecular formula is C64H47N. The fraction of sp³-hybridized carbons (Fsp3) is 0.0625. The van der Waals surface area contributed by atoms with E-state index in [9.17, 15) is 0 Å². The molecule has 2 aliphatic carbocycles. The molecule has 9 aromatic carbocycles. The number of nitrogens with zero attached hydrogens (tertiary/aromatic N) is 1. The lowest BCUT2D eigenvalue weighted by Gasteiger charge is -2.34. The SMILES string of the molecule is C/C1=C(c2cc3c(cc2-c2ccc4c(c2)c2ccccc2n4-c2ccccc2)-c2ccccc2C3(c2ccccc2)c2ccccc2)/C=C(c2ccccc2)\C=C(\c2ccccc2)CC1. The highest BCUT2D eigenvalue weighted by Crippen LogP contribution is 2.58. The highest BCUT2D eigenvalue weighted by atomic mass is 15.0. The summed E-state index contributed by atoms with van der Waals surface area (Å²) in [6.45, 7) is 2.37. The van der Waals surface area contributed by atoms with Crippen LogP contribution in [0.2, 0.25) is 0 Å². The van der Waals surface area contributed by atoms with Crippen LogP contribution in [0.15, 0.2) is 248 Å². The van der Waals surface area contributed by atoms with Crippen molar-refractivity contribution < 1.29 is 0 Å². The number of para-hydroxylation sites is 2. The lowest BCUT2D eigenvalue weighted by atomic mass is 9.67. The smallest absolute Gasteiger partial charge is 0.0713 e. The van der Waals surface area contributed by atoms with Crippen LogP contribution in [0, 0.1) is 0 Å². The average molecular weight is 830 g/mol. The Labute approximate surface area is 381 Å². The van der Waals surface area contributed by atoms with Gasteiger partial charge in [-0.3, -0.25) is 0 Å². The van der Waals surface area contributed by atoms with Crippen molar-refractivity contribution in [2.45, 2.75) is 25.2 Å². The predicted molar refractivity (Wildman–Crippen MR) is 274 cm³/mol. The van der Waals surface area contributed by atoms with E-state index in [0.29, 0.717) is 0 Å². The van der Waals surface area contributed by atoms with Crippen molar-refractivity contribution in [3.05, 3.63) is 287 Å². The summed E-state index contributed by atoms with van der Waals surface area (Å²) in [5.74, 6) is 0. The number of hydrogen-bond acceptors (Lipinski definition) is 0. The number of allylic oxidation sites excluding steroid dienone is 6. The number of rotatable bonds is 7. The molecule has 0 spiro atoms. The van der Waals surface area contributed by atoms with E-state index < -0.39 is 5.41 Å². The van der Waals surface area contributed by atoms with Crippen LogP contribution < -0.4 is 0 Å². The Morgan fingerprint density at radius 2 is 0.969 bits per heavy atom. The highest BCUT2D eigenvalue weighted by Gasteiger charge is 2.46. The largest absolute Gasteiger partial charge is 0.309 e. The molecule has 0 amide bonds. The van der Waals surface area contributed by atoms with Gasteiger partial charge in [0, 0.05) is 16.5 Å². The fourth-order valence-corrected chi connectivity index (χ4v) is 11.0. The summed E-state index contributed by atoms with van der Waals surface area (Å²) in [6.07, 6.45) is 6.82. The van der Waals surface area contributed by atoms with Crippen LogP contribution in [0.25, 0.3) is 66.5 Å². The summed E-state index contributed by atoms with van der Waals surface area (Å²) < 4.78 is 2.41. The monoisotopic (exact) mass is 829 g/mol. The molecule has 65 heavy (non-hydrogen) atoms. The van der Waals surface area contributed by atoms with Gasteiger partial charge in [0.1, 0.15) is 0 Å². The first-order valence-corrected chi connectivity index (χ1v) is 22.9. The van der Waals surface area contributed by atoms with Gasteiger partial charge in [0.2, 0.25) is 0 Å². The van der Waals surface area contributed by atoms with Gasteiger partial charge in [-0.1, -0.05) is 200 Å². The summed E-state index contributed by atoms with van der Waals surface area (Å²) in [4.78, 5) is 0. The molecule has 12 rings (SSSR count). The Morgan fingerprint density at radius 1 is 0.385 bits per heavy atom. The molecule has 0 fully saturated rings. The minimum atomic E-state index is -0.531. The van der Waals surface area contributed by atoms with Crippen molar-refractivity contribution in [3.8, 4) is 27.9 Å². The molecule has 308 valence electrons. The van der Waals surface area contributed by atoms with Crippen LogP contribution in [-0.2, 0) is 5.41 Å². The van der Waals surface area contributed by atoms with E-state index >= 15 is 0 Å². The first kappa shape index (κ1) is 38.7. The molecule has 1 heterocycles. The van der Waals surface area contributed by atoms with Gasteiger partial charge < -0.3 is 4.57 Å². The number of aromatic nitrogens is 1. The highest BCUT2D eigenvalue weighted by molar-refractivity contribution is 6.11. The van der Waals surface area contributed by atoms with Crippen LogP contribution in [-0.4, -0.2) is 4.57 Å². The van der Waals surface area contributed by atoms with Gasteiger partial charge in [0.25, 0.3) is 0 Å². The van der Waals surface area contributed by atoms with Gasteiger partial charge in [-0.2, -0.15) is 0 Å². The fourth-order valence-electron chi connectivity index (χ4n) is 11.0. The Bertz CT molecular complexity index is 3460. The summed E-state index contributed by atoms with van der Waals surface area (Å²) >= 11 is 0. The van der Waals surface area contributed by atoms with Crippen molar-refractivity contribution in [2.75, 3.05) is 0 Å². The predicted octanol–water partition coefficient (Wildman–Crippen LogP) is 16.5. The first-order valence-electron chi connectivity index (χ1n) is 22.9. The minimum absolute atomic E-state index is 0.531. The Balaban J connectivity index is 1.18. The maximum absolute atomic E-state index is 2.59. The van der Waals surface area contributed by atoms with Crippen LogP contribution >= 0.6 is 0 Å². The van der Waals surface area contributed by atoms with Crippen LogP contribution in [0.4, 0.5) is 0 Å². The zero-order valence-electron chi connectivity index (χ0n) is 36.5. The maximum atomic E-state index is 2.59. The number of fused-ring (bicyclic) bond motifs is 6. The van der Waals surface area contributed by atoms with Crippen LogP contribution in [0.1, 0.15) is 58.7 Å². The molecule has 1 heteroatoms. The van der Waals surface area contributed by atoms with Gasteiger partial charge in [0.05, 0.1) is 16.4 Å². The molecule has 0 bridgehead atoms. The third kappa shape index (κ3) is 6.38. The van der Waals surface area contributed by atoms with E-state index in [0.717, 1.165) is 18.5 Å². The summed E-state index contributed by atoms with van der Waals surface area (Å²) in [6, 6.07) is 85.3. The Hall–Kier alpha value is -8.00. The first-order chi connectivity index (χ1) is 32.2. The van der Waals surface area contributed by atoms with E-state index in [1.54, 1.807) is 0 Å². The van der Waals surface area contributed by atoms with Gasteiger partial charge in [-0.05, 0) is 146 Å². The second-order valence-corrected chi connectivity index (χ2v) is 17.6. The van der Waals surface area contributed by atoms with Crippen molar-refractivity contribution in [1.82, 2.24) is 4.57 Å². The molecule has 10 aromatic rings. The maximum Gasteiger partial charge on any atom is 0.0713 e. The number of hydrogen-bond donors (Lipinski definition) is 0. The third-order valence-electron chi connectivity index (χ3n) is 14.0. The molecule has 0 saturated heterocycles. The lowest BCUT2D eigenvalue weighted by molar-refractivity contribution is 0.768. The molecule has 1 aromatic heterocycles. The standard InChI is InChI=1S/C64H47N/c1-44-35-36-47(45-21-7-2-8-22-45)39-49(46-23-9-3-10-24-46)41-55(44)57-43-61-58(53-31-17-19-33-60(53)64(61,50-25-11-4-12-26-50)51-27-13-5-14-28-51)42-56(57)48-37-38-63-59(40-48)54-32-18-20-34-62(54)65(63)52-29-15-6-16-30-52/h2-34,37-43H,35-36H2,1H3/b47-39+,49-41+,55-44+.